The van der Waals surface area contributed by atoms with Crippen molar-refractivity contribution in [1.29, 1.82) is 0 Å². The fourth-order valence-corrected chi connectivity index (χ4v) is 5.47. The van der Waals surface area contributed by atoms with Crippen molar-refractivity contribution >= 4 is 10.0 Å². The highest BCUT2D eigenvalue weighted by atomic mass is 32.2. The van der Waals surface area contributed by atoms with Crippen LogP contribution in [0.4, 0.5) is 0 Å². The molecule has 0 atom stereocenters. The summed E-state index contributed by atoms with van der Waals surface area (Å²) in [6, 6.07) is 15.3. The molecule has 4 rings (SSSR count). The summed E-state index contributed by atoms with van der Waals surface area (Å²) in [5.74, 6) is 1.43. The van der Waals surface area contributed by atoms with E-state index < -0.39 is 10.0 Å². The molecule has 3 aromatic rings. The van der Waals surface area contributed by atoms with E-state index in [1.807, 2.05) is 63.2 Å². The number of benzene rings is 2. The Morgan fingerprint density at radius 1 is 0.967 bits per heavy atom. The van der Waals surface area contributed by atoms with Crippen LogP contribution < -0.4 is 0 Å². The zero-order valence-electron chi connectivity index (χ0n) is 17.6. The fourth-order valence-electron chi connectivity index (χ4n) is 3.85. The van der Waals surface area contributed by atoms with E-state index in [1.54, 1.807) is 10.4 Å². The first-order valence-electron chi connectivity index (χ1n) is 10.2. The van der Waals surface area contributed by atoms with Crippen LogP contribution in [0.2, 0.25) is 0 Å². The van der Waals surface area contributed by atoms with E-state index in [4.69, 9.17) is 4.42 Å². The molecule has 2 heterocycles. The van der Waals surface area contributed by atoms with Gasteiger partial charge in [-0.25, -0.2) is 13.4 Å². The van der Waals surface area contributed by atoms with Crippen LogP contribution in [0.1, 0.15) is 22.6 Å². The smallest absolute Gasteiger partial charge is 0.243 e. The molecule has 0 spiro atoms. The maximum atomic E-state index is 13.1. The summed E-state index contributed by atoms with van der Waals surface area (Å²) in [6.45, 7) is 8.67. The highest BCUT2D eigenvalue weighted by Crippen LogP contribution is 2.25. The summed E-state index contributed by atoms with van der Waals surface area (Å²) >= 11 is 0. The summed E-state index contributed by atoms with van der Waals surface area (Å²) < 4.78 is 33.6. The van der Waals surface area contributed by atoms with Crippen molar-refractivity contribution in [3.63, 3.8) is 0 Å². The molecule has 7 heteroatoms. The number of rotatable bonds is 5. The Labute approximate surface area is 178 Å². The van der Waals surface area contributed by atoms with Crippen molar-refractivity contribution in [3.05, 3.63) is 71.1 Å². The summed E-state index contributed by atoms with van der Waals surface area (Å²) in [5, 5.41) is 0. The molecule has 1 fully saturated rings. The maximum Gasteiger partial charge on any atom is 0.243 e. The maximum absolute atomic E-state index is 13.1. The van der Waals surface area contributed by atoms with Gasteiger partial charge in [-0.1, -0.05) is 35.9 Å². The van der Waals surface area contributed by atoms with Crippen LogP contribution in [0, 0.1) is 20.8 Å². The van der Waals surface area contributed by atoms with Crippen LogP contribution in [-0.4, -0.2) is 48.8 Å². The normalized spacial score (nSPS) is 16.1. The summed E-state index contributed by atoms with van der Waals surface area (Å²) in [7, 11) is -3.47. The van der Waals surface area contributed by atoms with Crippen molar-refractivity contribution < 1.29 is 12.8 Å². The van der Waals surface area contributed by atoms with Crippen molar-refractivity contribution in [2.45, 2.75) is 32.2 Å². The van der Waals surface area contributed by atoms with Gasteiger partial charge in [-0.05, 0) is 44.5 Å². The minimum absolute atomic E-state index is 0.404. The highest BCUT2D eigenvalue weighted by Gasteiger charge is 2.30. The van der Waals surface area contributed by atoms with Crippen molar-refractivity contribution in [2.75, 3.05) is 26.2 Å². The third-order valence-electron chi connectivity index (χ3n) is 5.57. The minimum Gasteiger partial charge on any atom is -0.441 e. The van der Waals surface area contributed by atoms with Crippen LogP contribution >= 0.6 is 0 Å². The molecule has 0 amide bonds. The SMILES string of the molecule is Cc1ccc(S(=O)(=O)N2CCN(Cc3nc(-c4ccccc4)oc3C)CC2)c(C)c1. The molecular weight excluding hydrogens is 398 g/mol. The quantitative estimate of drug-likeness (QED) is 0.622. The van der Waals surface area contributed by atoms with Crippen LogP contribution in [-0.2, 0) is 16.6 Å². The second-order valence-corrected chi connectivity index (χ2v) is 9.74. The number of nitrogens with zero attached hydrogens (tertiary/aromatic N) is 3. The highest BCUT2D eigenvalue weighted by molar-refractivity contribution is 7.89. The zero-order chi connectivity index (χ0) is 21.3. The Kier molecular flexibility index (Phi) is 5.77. The number of aryl methyl sites for hydroxylation is 3. The van der Waals surface area contributed by atoms with E-state index in [-0.39, 0.29) is 0 Å². The van der Waals surface area contributed by atoms with Crippen LogP contribution in [0.3, 0.4) is 0 Å². The van der Waals surface area contributed by atoms with Gasteiger partial charge in [0.2, 0.25) is 15.9 Å². The third-order valence-corrected chi connectivity index (χ3v) is 7.63. The van der Waals surface area contributed by atoms with Gasteiger partial charge in [-0.15, -0.1) is 0 Å². The minimum atomic E-state index is -3.47. The lowest BCUT2D eigenvalue weighted by atomic mass is 10.2. The largest absolute Gasteiger partial charge is 0.441 e. The number of oxazole rings is 1. The Balaban J connectivity index is 1.42. The molecular formula is C23H27N3O3S. The van der Waals surface area contributed by atoms with Crippen LogP contribution in [0.25, 0.3) is 11.5 Å². The zero-order valence-corrected chi connectivity index (χ0v) is 18.4. The fraction of sp³-hybridized carbons (Fsp3) is 0.348. The molecule has 6 nitrogen and oxygen atoms in total. The van der Waals surface area contributed by atoms with Gasteiger partial charge < -0.3 is 4.42 Å². The Hall–Kier alpha value is -2.48. The summed E-state index contributed by atoms with van der Waals surface area (Å²) in [6.07, 6.45) is 0. The first-order valence-corrected chi connectivity index (χ1v) is 11.6. The third kappa shape index (κ3) is 4.19. The van der Waals surface area contributed by atoms with Gasteiger partial charge in [0.25, 0.3) is 0 Å². The van der Waals surface area contributed by atoms with E-state index in [9.17, 15) is 8.42 Å². The molecule has 2 aromatic carbocycles. The first kappa shape index (κ1) is 20.8. The van der Waals surface area contributed by atoms with Gasteiger partial charge in [0.05, 0.1) is 10.6 Å². The predicted octanol–water partition coefficient (Wildman–Crippen LogP) is 3.77. The Morgan fingerprint density at radius 3 is 2.33 bits per heavy atom. The Morgan fingerprint density at radius 2 is 1.67 bits per heavy atom. The molecule has 0 unspecified atom stereocenters. The molecule has 0 N–H and O–H groups in total. The molecule has 0 bridgehead atoms. The van der Waals surface area contributed by atoms with Crippen LogP contribution in [0.5, 0.6) is 0 Å². The monoisotopic (exact) mass is 425 g/mol. The second kappa shape index (κ2) is 8.34. The second-order valence-electron chi connectivity index (χ2n) is 7.84. The number of sulfonamides is 1. The van der Waals surface area contributed by atoms with Gasteiger partial charge in [-0.3, -0.25) is 4.90 Å². The van der Waals surface area contributed by atoms with E-state index in [0.29, 0.717) is 43.5 Å². The lowest BCUT2D eigenvalue weighted by molar-refractivity contribution is 0.179. The van der Waals surface area contributed by atoms with Crippen LogP contribution in [0.15, 0.2) is 57.8 Å². The summed E-state index contributed by atoms with van der Waals surface area (Å²) in [5.41, 5.74) is 3.72. The lowest BCUT2D eigenvalue weighted by Crippen LogP contribution is -2.48. The molecule has 0 radical (unpaired) electrons. The average molecular weight is 426 g/mol. The van der Waals surface area contributed by atoms with Gasteiger partial charge >= 0.3 is 0 Å². The molecule has 158 valence electrons. The standard InChI is InChI=1S/C23H27N3O3S/c1-17-9-10-22(18(2)15-17)30(27,28)26-13-11-25(12-14-26)16-21-19(3)29-23(24-21)20-7-5-4-6-8-20/h4-10,15H,11-14,16H2,1-3H3. The topological polar surface area (TPSA) is 66.7 Å². The predicted molar refractivity (Wildman–Crippen MR) is 117 cm³/mol. The molecule has 1 aliphatic heterocycles. The van der Waals surface area contributed by atoms with Gasteiger partial charge in [0.1, 0.15) is 5.76 Å². The molecule has 1 aromatic heterocycles. The number of hydrogen-bond acceptors (Lipinski definition) is 5. The average Bonchev–Trinajstić information content (AvgIpc) is 3.09. The molecule has 30 heavy (non-hydrogen) atoms. The number of aromatic nitrogens is 1. The van der Waals surface area contributed by atoms with E-state index >= 15 is 0 Å². The van der Waals surface area contributed by atoms with Crippen molar-refractivity contribution in [1.82, 2.24) is 14.2 Å². The molecule has 0 aliphatic carbocycles. The molecule has 1 aliphatic rings. The molecule has 1 saturated heterocycles. The van der Waals surface area contributed by atoms with Gasteiger partial charge in [0, 0.05) is 38.3 Å². The van der Waals surface area contributed by atoms with Gasteiger partial charge in [0.15, 0.2) is 0 Å². The number of piperazine rings is 1. The summed E-state index contributed by atoms with van der Waals surface area (Å²) in [4.78, 5) is 7.30. The number of hydrogen-bond donors (Lipinski definition) is 0. The van der Waals surface area contributed by atoms with Crippen molar-refractivity contribution in [3.8, 4) is 11.5 Å². The molecule has 0 saturated carbocycles. The Bertz CT molecular complexity index is 1130. The van der Waals surface area contributed by atoms with E-state index in [1.165, 1.54) is 0 Å². The first-order chi connectivity index (χ1) is 14.3. The van der Waals surface area contributed by atoms with Gasteiger partial charge in [-0.2, -0.15) is 4.31 Å². The lowest BCUT2D eigenvalue weighted by Gasteiger charge is -2.33. The van der Waals surface area contributed by atoms with Crippen molar-refractivity contribution in [2.24, 2.45) is 0 Å². The van der Waals surface area contributed by atoms with E-state index in [0.717, 1.165) is 28.1 Å². The van der Waals surface area contributed by atoms with E-state index in [2.05, 4.69) is 9.88 Å².